The van der Waals surface area contributed by atoms with Crippen LogP contribution in [0.4, 0.5) is 0 Å². The van der Waals surface area contributed by atoms with Crippen LogP contribution >= 0.6 is 0 Å². The molecule has 0 aromatic rings. The summed E-state index contributed by atoms with van der Waals surface area (Å²) in [5.41, 5.74) is 5.64. The molecule has 3 N–H and O–H groups in total. The van der Waals surface area contributed by atoms with Crippen LogP contribution in [0.3, 0.4) is 0 Å². The van der Waals surface area contributed by atoms with Gasteiger partial charge in [-0.05, 0) is 20.3 Å². The third-order valence-electron chi connectivity index (χ3n) is 2.45. The van der Waals surface area contributed by atoms with Crippen molar-refractivity contribution in [3.05, 3.63) is 12.2 Å². The Bertz CT molecular complexity index is 302. The maximum Gasteiger partial charge on any atom is 0.328 e. The van der Waals surface area contributed by atoms with Crippen molar-refractivity contribution in [3.63, 3.8) is 0 Å². The molecular weight excluding hydrogens is 208 g/mol. The fourth-order valence-corrected chi connectivity index (χ4v) is 1.57. The molecule has 1 rings (SSSR count). The van der Waals surface area contributed by atoms with Crippen LogP contribution in [0.5, 0.6) is 0 Å². The van der Waals surface area contributed by atoms with Crippen molar-refractivity contribution in [3.8, 4) is 0 Å². The Balaban J connectivity index is 2.39. The third kappa shape index (κ3) is 3.34. The molecule has 0 aromatic heterocycles. The Labute approximate surface area is 95.0 Å². The zero-order valence-electron chi connectivity index (χ0n) is 9.60. The van der Waals surface area contributed by atoms with Crippen molar-refractivity contribution in [2.45, 2.75) is 32.4 Å². The van der Waals surface area contributed by atoms with Crippen LogP contribution in [0.2, 0.25) is 0 Å². The number of hydrogen-bond acceptors (Lipinski definition) is 4. The van der Waals surface area contributed by atoms with Gasteiger partial charge in [0.15, 0.2) is 0 Å². The molecule has 0 radical (unpaired) electrons. The number of rotatable bonds is 4. The lowest BCUT2D eigenvalue weighted by Gasteiger charge is -2.15. The maximum absolute atomic E-state index is 11.7. The van der Waals surface area contributed by atoms with Gasteiger partial charge < -0.3 is 15.8 Å². The van der Waals surface area contributed by atoms with Crippen LogP contribution in [-0.2, 0) is 14.3 Å². The second kappa shape index (κ2) is 5.65. The van der Waals surface area contributed by atoms with Gasteiger partial charge in [-0.1, -0.05) is 12.2 Å². The highest BCUT2D eigenvalue weighted by atomic mass is 16.5. The fraction of sp³-hybridized carbons (Fsp3) is 0.636. The Morgan fingerprint density at radius 2 is 2.25 bits per heavy atom. The van der Waals surface area contributed by atoms with Crippen LogP contribution in [0, 0.1) is 5.92 Å². The van der Waals surface area contributed by atoms with Crippen LogP contribution < -0.4 is 11.1 Å². The van der Waals surface area contributed by atoms with Crippen molar-refractivity contribution in [1.82, 2.24) is 5.32 Å². The minimum absolute atomic E-state index is 0.0614. The van der Waals surface area contributed by atoms with Gasteiger partial charge in [-0.25, -0.2) is 4.79 Å². The molecule has 0 spiro atoms. The van der Waals surface area contributed by atoms with Crippen molar-refractivity contribution < 1.29 is 14.3 Å². The average molecular weight is 226 g/mol. The molecule has 90 valence electrons. The van der Waals surface area contributed by atoms with Crippen molar-refractivity contribution in [1.29, 1.82) is 0 Å². The monoisotopic (exact) mass is 226 g/mol. The fourth-order valence-electron chi connectivity index (χ4n) is 1.57. The van der Waals surface area contributed by atoms with Crippen molar-refractivity contribution >= 4 is 11.9 Å². The molecule has 1 aliphatic rings. The highest BCUT2D eigenvalue weighted by Crippen LogP contribution is 2.16. The van der Waals surface area contributed by atoms with E-state index in [1.807, 2.05) is 0 Å². The Kier molecular flexibility index (Phi) is 4.49. The second-order valence-electron chi connectivity index (χ2n) is 3.87. The minimum atomic E-state index is -0.613. The second-order valence-corrected chi connectivity index (χ2v) is 3.87. The van der Waals surface area contributed by atoms with Crippen LogP contribution in [0.15, 0.2) is 12.2 Å². The van der Waals surface area contributed by atoms with Gasteiger partial charge in [0.1, 0.15) is 6.04 Å². The lowest BCUT2D eigenvalue weighted by Crippen LogP contribution is -2.42. The smallest absolute Gasteiger partial charge is 0.328 e. The van der Waals surface area contributed by atoms with E-state index in [0.717, 1.165) is 0 Å². The van der Waals surface area contributed by atoms with Crippen LogP contribution in [0.1, 0.15) is 20.3 Å². The predicted octanol–water partition coefficient (Wildman–Crippen LogP) is -0.0424. The summed E-state index contributed by atoms with van der Waals surface area (Å²) in [5.74, 6) is -0.821. The lowest BCUT2D eigenvalue weighted by atomic mass is 10.1. The van der Waals surface area contributed by atoms with Gasteiger partial charge in [-0.3, -0.25) is 4.79 Å². The predicted molar refractivity (Wildman–Crippen MR) is 59.5 cm³/mol. The average Bonchev–Trinajstić information content (AvgIpc) is 2.65. The van der Waals surface area contributed by atoms with E-state index in [0.29, 0.717) is 13.0 Å². The van der Waals surface area contributed by atoms with E-state index in [9.17, 15) is 9.59 Å². The number of carbonyl (C=O) groups is 2. The number of nitrogens with one attached hydrogen (secondary N) is 1. The van der Waals surface area contributed by atoms with E-state index in [1.165, 1.54) is 0 Å². The summed E-state index contributed by atoms with van der Waals surface area (Å²) in [5, 5.41) is 2.61. The summed E-state index contributed by atoms with van der Waals surface area (Å²) in [7, 11) is 0. The van der Waals surface area contributed by atoms with Gasteiger partial charge >= 0.3 is 5.97 Å². The third-order valence-corrected chi connectivity index (χ3v) is 2.45. The molecule has 1 amide bonds. The van der Waals surface area contributed by atoms with Gasteiger partial charge in [-0.2, -0.15) is 0 Å². The molecule has 3 unspecified atom stereocenters. The lowest BCUT2D eigenvalue weighted by molar-refractivity contribution is -0.147. The van der Waals surface area contributed by atoms with E-state index >= 15 is 0 Å². The van der Waals surface area contributed by atoms with Crippen molar-refractivity contribution in [2.24, 2.45) is 11.7 Å². The van der Waals surface area contributed by atoms with Gasteiger partial charge in [0, 0.05) is 6.04 Å². The molecule has 0 saturated carbocycles. The number of ether oxygens (including phenoxy) is 1. The normalized spacial score (nSPS) is 25.2. The number of nitrogens with two attached hydrogens (primary N) is 1. The summed E-state index contributed by atoms with van der Waals surface area (Å²) in [6.07, 6.45) is 4.18. The quantitative estimate of drug-likeness (QED) is 0.520. The van der Waals surface area contributed by atoms with E-state index in [2.05, 4.69) is 5.32 Å². The molecule has 0 saturated heterocycles. The zero-order valence-corrected chi connectivity index (χ0v) is 9.60. The number of esters is 1. The molecule has 16 heavy (non-hydrogen) atoms. The largest absolute Gasteiger partial charge is 0.464 e. The van der Waals surface area contributed by atoms with Crippen molar-refractivity contribution in [2.75, 3.05) is 6.61 Å². The molecule has 1 aliphatic carbocycles. The summed E-state index contributed by atoms with van der Waals surface area (Å²) in [6.45, 7) is 3.65. The molecule has 0 fully saturated rings. The number of carbonyl (C=O) groups excluding carboxylic acids is 2. The zero-order chi connectivity index (χ0) is 12.1. The standard InChI is InChI=1S/C11H18N2O3/c1-3-16-11(15)7(2)13-10(14)8-4-5-9(12)6-8/h4-5,7-9H,3,6,12H2,1-2H3,(H,13,14). The molecule has 0 heterocycles. The topological polar surface area (TPSA) is 81.4 Å². The minimum Gasteiger partial charge on any atom is -0.464 e. The molecule has 0 aromatic carbocycles. The van der Waals surface area contributed by atoms with Gasteiger partial charge in [0.2, 0.25) is 5.91 Å². The summed E-state index contributed by atoms with van der Waals surface area (Å²) in [6, 6.07) is -0.675. The highest BCUT2D eigenvalue weighted by Gasteiger charge is 2.25. The summed E-state index contributed by atoms with van der Waals surface area (Å²) < 4.78 is 4.79. The number of amides is 1. The van der Waals surface area contributed by atoms with E-state index in [-0.39, 0.29) is 17.9 Å². The van der Waals surface area contributed by atoms with Crippen LogP contribution in [0.25, 0.3) is 0 Å². The Morgan fingerprint density at radius 1 is 1.56 bits per heavy atom. The Hall–Kier alpha value is -1.36. The first-order chi connectivity index (χ1) is 7.54. The van der Waals surface area contributed by atoms with Crippen LogP contribution in [-0.4, -0.2) is 30.6 Å². The van der Waals surface area contributed by atoms with E-state index in [1.54, 1.807) is 26.0 Å². The molecule has 0 bridgehead atoms. The van der Waals surface area contributed by atoms with Gasteiger partial charge in [0.25, 0.3) is 0 Å². The first-order valence-electron chi connectivity index (χ1n) is 5.45. The van der Waals surface area contributed by atoms with E-state index in [4.69, 9.17) is 10.5 Å². The summed E-state index contributed by atoms with van der Waals surface area (Å²) >= 11 is 0. The first kappa shape index (κ1) is 12.7. The summed E-state index contributed by atoms with van der Waals surface area (Å²) in [4.78, 5) is 23.0. The van der Waals surface area contributed by atoms with Gasteiger partial charge in [0.05, 0.1) is 12.5 Å². The SMILES string of the molecule is CCOC(=O)C(C)NC(=O)C1C=CC(N)C1. The molecule has 5 heteroatoms. The maximum atomic E-state index is 11.7. The van der Waals surface area contributed by atoms with E-state index < -0.39 is 12.0 Å². The molecule has 0 aliphatic heterocycles. The Morgan fingerprint density at radius 3 is 2.75 bits per heavy atom. The molecule has 3 atom stereocenters. The number of hydrogen-bond donors (Lipinski definition) is 2. The van der Waals surface area contributed by atoms with Gasteiger partial charge in [-0.15, -0.1) is 0 Å². The first-order valence-corrected chi connectivity index (χ1v) is 5.45. The molecular formula is C11H18N2O3. The molecule has 5 nitrogen and oxygen atoms in total. The highest BCUT2D eigenvalue weighted by molar-refractivity contribution is 5.86.